The third-order valence-corrected chi connectivity index (χ3v) is 2.26. The predicted molar refractivity (Wildman–Crippen MR) is 48.4 cm³/mol. The summed E-state index contributed by atoms with van der Waals surface area (Å²) >= 11 is 1.54. The van der Waals surface area contributed by atoms with Crippen LogP contribution in [0.2, 0.25) is 0 Å². The Bertz CT molecular complexity index is 393. The summed E-state index contributed by atoms with van der Waals surface area (Å²) in [6.07, 6.45) is 0. The number of hydrogen-bond donors (Lipinski definition) is 2. The smallest absolute Gasteiger partial charge is 0.104 e. The number of nitrogens with two attached hydrogens (primary N) is 2. The van der Waals surface area contributed by atoms with Gasteiger partial charge in [-0.2, -0.15) is 0 Å². The average molecular weight is 165 g/mol. The van der Waals surface area contributed by atoms with Crippen molar-refractivity contribution in [2.75, 3.05) is 11.5 Å². The topological polar surface area (TPSA) is 64.9 Å². The minimum absolute atomic E-state index is 0.654. The number of fused-ring (bicyclic) bond motifs is 1. The van der Waals surface area contributed by atoms with E-state index in [1.807, 2.05) is 6.07 Å². The molecule has 0 spiro atoms. The molecule has 2 aromatic rings. The number of benzene rings is 1. The van der Waals surface area contributed by atoms with Gasteiger partial charge in [-0.25, -0.2) is 4.98 Å². The summed E-state index contributed by atoms with van der Waals surface area (Å²) in [7, 11) is 0. The van der Waals surface area contributed by atoms with Gasteiger partial charge in [0.2, 0.25) is 0 Å². The van der Waals surface area contributed by atoms with Crippen molar-refractivity contribution in [2.45, 2.75) is 0 Å². The monoisotopic (exact) mass is 165 g/mol. The van der Waals surface area contributed by atoms with Crippen molar-refractivity contribution >= 4 is 32.9 Å². The highest BCUT2D eigenvalue weighted by Crippen LogP contribution is 2.25. The van der Waals surface area contributed by atoms with Gasteiger partial charge >= 0.3 is 0 Å². The molecule has 3 nitrogen and oxygen atoms in total. The van der Waals surface area contributed by atoms with Crippen LogP contribution in [-0.4, -0.2) is 4.98 Å². The lowest BCUT2D eigenvalue weighted by molar-refractivity contribution is 1.50. The fraction of sp³-hybridized carbons (Fsp3) is 0. The van der Waals surface area contributed by atoms with Gasteiger partial charge in [0, 0.05) is 5.69 Å². The minimum Gasteiger partial charge on any atom is -0.399 e. The van der Waals surface area contributed by atoms with Gasteiger partial charge in [-0.15, -0.1) is 11.3 Å². The van der Waals surface area contributed by atoms with Gasteiger partial charge < -0.3 is 11.5 Å². The highest BCUT2D eigenvalue weighted by Gasteiger charge is 2.00. The number of hydrogen-bond acceptors (Lipinski definition) is 4. The first-order valence-corrected chi connectivity index (χ1v) is 4.03. The maximum Gasteiger partial charge on any atom is 0.104 e. The molecule has 4 heteroatoms. The van der Waals surface area contributed by atoms with Gasteiger partial charge in [0.15, 0.2) is 0 Å². The van der Waals surface area contributed by atoms with E-state index in [0.29, 0.717) is 11.4 Å². The average Bonchev–Trinajstić information content (AvgIpc) is 2.34. The molecule has 0 radical (unpaired) electrons. The van der Waals surface area contributed by atoms with E-state index in [9.17, 15) is 0 Å². The van der Waals surface area contributed by atoms with Crippen LogP contribution in [0.1, 0.15) is 0 Å². The predicted octanol–water partition coefficient (Wildman–Crippen LogP) is 1.46. The minimum atomic E-state index is 0.654. The molecule has 1 heterocycles. The molecule has 0 saturated carbocycles. The Hall–Kier alpha value is -1.29. The summed E-state index contributed by atoms with van der Waals surface area (Å²) in [6, 6.07) is 3.60. The maximum atomic E-state index is 5.67. The van der Waals surface area contributed by atoms with Crippen LogP contribution in [-0.2, 0) is 0 Å². The Morgan fingerprint density at radius 2 is 2.09 bits per heavy atom. The van der Waals surface area contributed by atoms with Crippen molar-refractivity contribution in [2.24, 2.45) is 0 Å². The molecular formula is C7H7N3S. The highest BCUT2D eigenvalue weighted by atomic mass is 32.1. The van der Waals surface area contributed by atoms with Crippen LogP contribution < -0.4 is 11.5 Å². The molecule has 0 amide bonds. The Kier molecular flexibility index (Phi) is 1.22. The van der Waals surface area contributed by atoms with E-state index in [0.717, 1.165) is 10.2 Å². The molecular weight excluding hydrogens is 158 g/mol. The molecule has 0 saturated heterocycles. The summed E-state index contributed by atoms with van der Waals surface area (Å²) in [5.74, 6) is 0. The molecule has 0 unspecified atom stereocenters. The largest absolute Gasteiger partial charge is 0.399 e. The van der Waals surface area contributed by atoms with E-state index in [1.54, 1.807) is 22.9 Å². The van der Waals surface area contributed by atoms with Crippen LogP contribution >= 0.6 is 11.3 Å². The molecule has 1 aromatic heterocycles. The lowest BCUT2D eigenvalue weighted by Crippen LogP contribution is -1.90. The molecule has 0 fully saturated rings. The lowest BCUT2D eigenvalue weighted by atomic mass is 10.2. The SMILES string of the molecule is Nc1cc(N)c2ncsc2c1. The molecule has 4 N–H and O–H groups in total. The molecule has 56 valence electrons. The lowest BCUT2D eigenvalue weighted by Gasteiger charge is -1.96. The number of nitrogen functional groups attached to an aromatic ring is 2. The van der Waals surface area contributed by atoms with Crippen LogP contribution in [0.4, 0.5) is 11.4 Å². The Morgan fingerprint density at radius 1 is 1.27 bits per heavy atom. The molecule has 2 rings (SSSR count). The third-order valence-electron chi connectivity index (χ3n) is 1.49. The molecule has 0 aliphatic carbocycles. The summed E-state index contributed by atoms with van der Waals surface area (Å²) in [5, 5.41) is 0. The van der Waals surface area contributed by atoms with E-state index in [2.05, 4.69) is 4.98 Å². The van der Waals surface area contributed by atoms with Gasteiger partial charge in [-0.05, 0) is 12.1 Å². The second-order valence-electron chi connectivity index (χ2n) is 2.31. The van der Waals surface area contributed by atoms with E-state index in [-0.39, 0.29) is 0 Å². The fourth-order valence-electron chi connectivity index (χ4n) is 1.02. The van der Waals surface area contributed by atoms with Gasteiger partial charge in [0.1, 0.15) is 5.52 Å². The molecule has 0 atom stereocenters. The van der Waals surface area contributed by atoms with Crippen LogP contribution in [0.25, 0.3) is 10.2 Å². The van der Waals surface area contributed by atoms with E-state index in [1.165, 1.54) is 0 Å². The van der Waals surface area contributed by atoms with E-state index < -0.39 is 0 Å². The van der Waals surface area contributed by atoms with Crippen molar-refractivity contribution in [3.05, 3.63) is 17.6 Å². The number of aromatic nitrogens is 1. The van der Waals surface area contributed by atoms with Crippen LogP contribution in [0.15, 0.2) is 17.6 Å². The Balaban J connectivity index is 2.91. The molecule has 11 heavy (non-hydrogen) atoms. The molecule has 0 aliphatic rings. The molecule has 0 aliphatic heterocycles. The Morgan fingerprint density at radius 3 is 2.91 bits per heavy atom. The van der Waals surface area contributed by atoms with Gasteiger partial charge in [-0.3, -0.25) is 0 Å². The van der Waals surface area contributed by atoms with E-state index in [4.69, 9.17) is 11.5 Å². The first kappa shape index (κ1) is 6.42. The first-order valence-electron chi connectivity index (χ1n) is 3.15. The summed E-state index contributed by atoms with van der Waals surface area (Å²) < 4.78 is 1.04. The standard InChI is InChI=1S/C7H7N3S/c8-4-1-5(9)7-6(2-4)11-3-10-7/h1-3H,8-9H2. The second-order valence-corrected chi connectivity index (χ2v) is 3.20. The van der Waals surface area contributed by atoms with Gasteiger partial charge in [-0.1, -0.05) is 0 Å². The fourth-order valence-corrected chi connectivity index (χ4v) is 1.77. The van der Waals surface area contributed by atoms with Gasteiger partial charge in [0.05, 0.1) is 15.9 Å². The number of rotatable bonds is 0. The third kappa shape index (κ3) is 0.914. The molecule has 1 aromatic carbocycles. The van der Waals surface area contributed by atoms with Crippen molar-refractivity contribution < 1.29 is 0 Å². The quantitative estimate of drug-likeness (QED) is 0.581. The number of nitrogens with zero attached hydrogens (tertiary/aromatic N) is 1. The van der Waals surface area contributed by atoms with Gasteiger partial charge in [0.25, 0.3) is 0 Å². The normalized spacial score (nSPS) is 10.5. The summed E-state index contributed by atoms with van der Waals surface area (Å²) in [5.41, 5.74) is 15.2. The zero-order valence-electron chi connectivity index (χ0n) is 5.74. The van der Waals surface area contributed by atoms with Crippen LogP contribution in [0, 0.1) is 0 Å². The van der Waals surface area contributed by atoms with Crippen LogP contribution in [0.3, 0.4) is 0 Å². The molecule has 0 bridgehead atoms. The van der Waals surface area contributed by atoms with Crippen molar-refractivity contribution in [1.29, 1.82) is 0 Å². The first-order chi connectivity index (χ1) is 5.27. The number of anilines is 2. The summed E-state index contributed by atoms with van der Waals surface area (Å²) in [6.45, 7) is 0. The number of thiazole rings is 1. The van der Waals surface area contributed by atoms with Crippen molar-refractivity contribution in [3.63, 3.8) is 0 Å². The van der Waals surface area contributed by atoms with Crippen molar-refractivity contribution in [1.82, 2.24) is 4.98 Å². The van der Waals surface area contributed by atoms with Crippen LogP contribution in [0.5, 0.6) is 0 Å². The van der Waals surface area contributed by atoms with E-state index >= 15 is 0 Å². The second kappa shape index (κ2) is 2.10. The maximum absolute atomic E-state index is 5.67. The van der Waals surface area contributed by atoms with Crippen molar-refractivity contribution in [3.8, 4) is 0 Å². The zero-order chi connectivity index (χ0) is 7.84. The summed E-state index contributed by atoms with van der Waals surface area (Å²) in [4.78, 5) is 4.10. The zero-order valence-corrected chi connectivity index (χ0v) is 6.56. The Labute approximate surface area is 67.7 Å². The highest BCUT2D eigenvalue weighted by molar-refractivity contribution is 7.16.